The lowest BCUT2D eigenvalue weighted by atomic mass is 10.2. The highest BCUT2D eigenvalue weighted by Gasteiger charge is 2.26. The summed E-state index contributed by atoms with van der Waals surface area (Å²) in [6.45, 7) is 7.88. The molecule has 0 unspecified atom stereocenters. The van der Waals surface area contributed by atoms with Gasteiger partial charge in [0.25, 0.3) is 5.91 Å². The Kier molecular flexibility index (Phi) is 6.44. The number of halogens is 1. The van der Waals surface area contributed by atoms with Gasteiger partial charge in [0, 0.05) is 38.1 Å². The number of aromatic nitrogens is 1. The Morgan fingerprint density at radius 3 is 2.52 bits per heavy atom. The lowest BCUT2D eigenvalue weighted by Gasteiger charge is -2.36. The molecule has 5 nitrogen and oxygen atoms in total. The summed E-state index contributed by atoms with van der Waals surface area (Å²) in [5.41, 5.74) is 2.34. The molecule has 0 aliphatic carbocycles. The number of carbonyl (C=O) groups is 1. The summed E-state index contributed by atoms with van der Waals surface area (Å²) >= 11 is 0. The molecule has 4 rings (SSSR count). The van der Waals surface area contributed by atoms with Gasteiger partial charge in [0.05, 0.1) is 17.8 Å². The Balaban J connectivity index is 1.58. The molecule has 0 radical (unpaired) electrons. The highest BCUT2D eigenvalue weighted by molar-refractivity contribution is 6.00. The standard InChI is InChI=1S/C25H30FN3O2/c1-3-5-13-29-21-11-8-12-24(31-4-2)19(21)18-23(29)25(30)28-16-14-27(15-17-28)22-10-7-6-9-20(22)26/h6-12,18H,3-5,13-17H2,1-2H3. The summed E-state index contributed by atoms with van der Waals surface area (Å²) in [6, 6.07) is 14.8. The number of ether oxygens (including phenoxy) is 1. The first kappa shape index (κ1) is 21.2. The van der Waals surface area contributed by atoms with Crippen LogP contribution >= 0.6 is 0 Å². The second-order valence-corrected chi connectivity index (χ2v) is 7.89. The zero-order valence-electron chi connectivity index (χ0n) is 18.3. The molecular weight excluding hydrogens is 393 g/mol. The summed E-state index contributed by atoms with van der Waals surface area (Å²) in [5, 5.41) is 0.980. The van der Waals surface area contributed by atoms with Crippen LogP contribution < -0.4 is 9.64 Å². The number of para-hydroxylation sites is 1. The SMILES string of the molecule is CCCCn1c(C(=O)N2CCN(c3ccccc3F)CC2)cc2c(OCC)cccc21. The molecule has 1 aliphatic heterocycles. The quantitative estimate of drug-likeness (QED) is 0.540. The second kappa shape index (κ2) is 9.41. The van der Waals surface area contributed by atoms with E-state index in [1.165, 1.54) is 6.07 Å². The largest absolute Gasteiger partial charge is 0.493 e. The van der Waals surface area contributed by atoms with E-state index >= 15 is 0 Å². The smallest absolute Gasteiger partial charge is 0.270 e. The van der Waals surface area contributed by atoms with Crippen LogP contribution in [-0.2, 0) is 6.54 Å². The van der Waals surface area contributed by atoms with E-state index < -0.39 is 0 Å². The van der Waals surface area contributed by atoms with Gasteiger partial charge in [-0.15, -0.1) is 0 Å². The minimum absolute atomic E-state index is 0.0305. The highest BCUT2D eigenvalue weighted by atomic mass is 19.1. The Labute approximate surface area is 183 Å². The fourth-order valence-electron chi connectivity index (χ4n) is 4.29. The van der Waals surface area contributed by atoms with Crippen LogP contribution in [0.4, 0.5) is 10.1 Å². The van der Waals surface area contributed by atoms with Crippen molar-refractivity contribution in [3.05, 3.63) is 60.0 Å². The number of unbranched alkanes of at least 4 members (excludes halogenated alkanes) is 1. The van der Waals surface area contributed by atoms with E-state index in [0.29, 0.717) is 44.2 Å². The zero-order chi connectivity index (χ0) is 21.8. The first-order valence-corrected chi connectivity index (χ1v) is 11.2. The molecule has 1 amide bonds. The van der Waals surface area contributed by atoms with Gasteiger partial charge in [-0.2, -0.15) is 0 Å². The third-order valence-corrected chi connectivity index (χ3v) is 5.92. The molecular formula is C25H30FN3O2. The van der Waals surface area contributed by atoms with Crippen molar-refractivity contribution in [1.29, 1.82) is 0 Å². The van der Waals surface area contributed by atoms with Crippen LogP contribution in [0.5, 0.6) is 5.75 Å². The Morgan fingerprint density at radius 2 is 1.81 bits per heavy atom. The molecule has 0 spiro atoms. The molecule has 164 valence electrons. The van der Waals surface area contributed by atoms with E-state index in [-0.39, 0.29) is 11.7 Å². The van der Waals surface area contributed by atoms with E-state index in [4.69, 9.17) is 4.74 Å². The first-order valence-electron chi connectivity index (χ1n) is 11.2. The van der Waals surface area contributed by atoms with Gasteiger partial charge in [-0.3, -0.25) is 4.79 Å². The molecule has 1 saturated heterocycles. The number of aryl methyl sites for hydroxylation is 1. The van der Waals surface area contributed by atoms with Crippen LogP contribution in [0, 0.1) is 5.82 Å². The zero-order valence-corrected chi connectivity index (χ0v) is 18.3. The summed E-state index contributed by atoms with van der Waals surface area (Å²) in [7, 11) is 0. The van der Waals surface area contributed by atoms with Crippen LogP contribution in [0.3, 0.4) is 0 Å². The normalized spacial score (nSPS) is 14.3. The topological polar surface area (TPSA) is 37.7 Å². The number of piperazine rings is 1. The average molecular weight is 424 g/mol. The summed E-state index contributed by atoms with van der Waals surface area (Å²) in [5.74, 6) is 0.627. The number of rotatable bonds is 7. The van der Waals surface area contributed by atoms with Gasteiger partial charge in [0.1, 0.15) is 17.3 Å². The third-order valence-electron chi connectivity index (χ3n) is 5.92. The van der Waals surface area contributed by atoms with Crippen molar-refractivity contribution in [2.45, 2.75) is 33.2 Å². The molecule has 6 heteroatoms. The lowest BCUT2D eigenvalue weighted by Crippen LogP contribution is -2.49. The van der Waals surface area contributed by atoms with Gasteiger partial charge in [0.2, 0.25) is 0 Å². The van der Waals surface area contributed by atoms with Crippen molar-refractivity contribution in [2.75, 3.05) is 37.7 Å². The van der Waals surface area contributed by atoms with E-state index in [1.807, 2.05) is 41.0 Å². The summed E-state index contributed by atoms with van der Waals surface area (Å²) < 4.78 is 22.1. The minimum atomic E-state index is -0.217. The van der Waals surface area contributed by atoms with Crippen molar-refractivity contribution in [3.63, 3.8) is 0 Å². The molecule has 1 fully saturated rings. The number of amides is 1. The maximum atomic E-state index is 14.1. The molecule has 1 aromatic heterocycles. The monoisotopic (exact) mass is 423 g/mol. The number of hydrogen-bond donors (Lipinski definition) is 0. The Bertz CT molecular complexity index is 1050. The maximum Gasteiger partial charge on any atom is 0.270 e. The predicted octanol–water partition coefficient (Wildman–Crippen LogP) is 4.94. The molecule has 2 aromatic carbocycles. The summed E-state index contributed by atoms with van der Waals surface area (Å²) in [4.78, 5) is 17.4. The molecule has 1 aliphatic rings. The van der Waals surface area contributed by atoms with Crippen LogP contribution in [0.1, 0.15) is 37.2 Å². The van der Waals surface area contributed by atoms with Gasteiger partial charge in [-0.1, -0.05) is 31.5 Å². The van der Waals surface area contributed by atoms with Gasteiger partial charge < -0.3 is 19.1 Å². The van der Waals surface area contributed by atoms with E-state index in [9.17, 15) is 9.18 Å². The van der Waals surface area contributed by atoms with Crippen molar-refractivity contribution in [1.82, 2.24) is 9.47 Å². The number of benzene rings is 2. The highest BCUT2D eigenvalue weighted by Crippen LogP contribution is 2.30. The van der Waals surface area contributed by atoms with Gasteiger partial charge in [-0.05, 0) is 43.7 Å². The maximum absolute atomic E-state index is 14.1. The fourth-order valence-corrected chi connectivity index (χ4v) is 4.29. The Morgan fingerprint density at radius 1 is 1.03 bits per heavy atom. The molecule has 3 aromatic rings. The molecule has 31 heavy (non-hydrogen) atoms. The number of hydrogen-bond acceptors (Lipinski definition) is 3. The van der Waals surface area contributed by atoms with Crippen molar-refractivity contribution in [3.8, 4) is 5.75 Å². The third kappa shape index (κ3) is 4.24. The van der Waals surface area contributed by atoms with Crippen LogP contribution in [0.15, 0.2) is 48.5 Å². The predicted molar refractivity (Wildman–Crippen MR) is 123 cm³/mol. The van der Waals surface area contributed by atoms with Crippen LogP contribution in [0.25, 0.3) is 10.9 Å². The Hall–Kier alpha value is -3.02. The van der Waals surface area contributed by atoms with Gasteiger partial charge in [0.15, 0.2) is 0 Å². The molecule has 0 N–H and O–H groups in total. The van der Waals surface area contributed by atoms with Crippen LogP contribution in [0.2, 0.25) is 0 Å². The van der Waals surface area contributed by atoms with Crippen molar-refractivity contribution in [2.24, 2.45) is 0 Å². The van der Waals surface area contributed by atoms with Crippen molar-refractivity contribution >= 4 is 22.5 Å². The van der Waals surface area contributed by atoms with Gasteiger partial charge >= 0.3 is 0 Å². The van der Waals surface area contributed by atoms with E-state index in [1.54, 1.807) is 12.1 Å². The van der Waals surface area contributed by atoms with Crippen LogP contribution in [-0.4, -0.2) is 48.2 Å². The van der Waals surface area contributed by atoms with E-state index in [2.05, 4.69) is 17.6 Å². The van der Waals surface area contributed by atoms with E-state index in [0.717, 1.165) is 36.0 Å². The number of fused-ring (bicyclic) bond motifs is 1. The first-order chi connectivity index (χ1) is 15.1. The molecule has 0 bridgehead atoms. The molecule has 0 saturated carbocycles. The molecule has 0 atom stereocenters. The number of carbonyl (C=O) groups excluding carboxylic acids is 1. The minimum Gasteiger partial charge on any atom is -0.493 e. The lowest BCUT2D eigenvalue weighted by molar-refractivity contribution is 0.0736. The number of nitrogens with zero attached hydrogens (tertiary/aromatic N) is 3. The molecule has 2 heterocycles. The second-order valence-electron chi connectivity index (χ2n) is 7.89. The fraction of sp³-hybridized carbons (Fsp3) is 0.400. The average Bonchev–Trinajstić information content (AvgIpc) is 3.17. The summed E-state index contributed by atoms with van der Waals surface area (Å²) in [6.07, 6.45) is 2.06. The van der Waals surface area contributed by atoms with Crippen molar-refractivity contribution < 1.29 is 13.9 Å². The van der Waals surface area contributed by atoms with Gasteiger partial charge in [-0.25, -0.2) is 4.39 Å². The number of anilines is 1.